The van der Waals surface area contributed by atoms with Crippen LogP contribution in [-0.4, -0.2) is 20.8 Å². The minimum Gasteiger partial charge on any atom is -0.493 e. The number of benzene rings is 2. The summed E-state index contributed by atoms with van der Waals surface area (Å²) >= 11 is 0. The quantitative estimate of drug-likeness (QED) is 0.848. The highest BCUT2D eigenvalue weighted by Gasteiger charge is 2.40. The molecule has 2 aliphatic rings. The van der Waals surface area contributed by atoms with Gasteiger partial charge in [0.05, 0.1) is 26.4 Å². The molecule has 1 N–H and O–H groups in total. The van der Waals surface area contributed by atoms with Gasteiger partial charge in [-0.15, -0.1) is 0 Å². The van der Waals surface area contributed by atoms with Crippen molar-refractivity contribution in [3.8, 4) is 11.5 Å². The smallest absolute Gasteiger partial charge is 0.161 e. The van der Waals surface area contributed by atoms with E-state index in [9.17, 15) is 0 Å². The summed E-state index contributed by atoms with van der Waals surface area (Å²) in [7, 11) is 3.35. The average molecular weight is 353 g/mol. The van der Waals surface area contributed by atoms with E-state index in [2.05, 4.69) is 42.6 Å². The van der Waals surface area contributed by atoms with Crippen LogP contribution in [0, 0.1) is 5.92 Å². The first-order valence-electron chi connectivity index (χ1n) is 9.48. The first-order chi connectivity index (χ1) is 12.7. The minimum absolute atomic E-state index is 0.157. The molecule has 0 bridgehead atoms. The van der Waals surface area contributed by atoms with Gasteiger partial charge in [0.1, 0.15) is 0 Å². The zero-order valence-corrected chi connectivity index (χ0v) is 15.7. The highest BCUT2D eigenvalue weighted by atomic mass is 16.5. The number of methoxy groups -OCH3 is 2. The maximum absolute atomic E-state index is 6.27. The van der Waals surface area contributed by atoms with Crippen molar-refractivity contribution in [2.75, 3.05) is 26.1 Å². The van der Waals surface area contributed by atoms with E-state index in [0.29, 0.717) is 5.92 Å². The van der Waals surface area contributed by atoms with Crippen molar-refractivity contribution in [3.63, 3.8) is 0 Å². The third kappa shape index (κ3) is 2.92. The van der Waals surface area contributed by atoms with Gasteiger partial charge in [-0.25, -0.2) is 0 Å². The summed E-state index contributed by atoms with van der Waals surface area (Å²) in [5, 5.41) is 3.78. The van der Waals surface area contributed by atoms with E-state index in [1.54, 1.807) is 14.2 Å². The van der Waals surface area contributed by atoms with Crippen molar-refractivity contribution in [2.24, 2.45) is 5.92 Å². The zero-order chi connectivity index (χ0) is 18.1. The van der Waals surface area contributed by atoms with Gasteiger partial charge in [-0.3, -0.25) is 0 Å². The molecule has 4 heteroatoms. The molecular formula is C22H27NO3. The number of fused-ring (bicyclic) bond motifs is 3. The van der Waals surface area contributed by atoms with Crippen LogP contribution in [0.5, 0.6) is 11.5 Å². The third-order valence-electron chi connectivity index (χ3n) is 5.70. The fourth-order valence-corrected chi connectivity index (χ4v) is 4.32. The molecule has 1 unspecified atom stereocenters. The Labute approximate surface area is 155 Å². The first kappa shape index (κ1) is 17.2. The molecule has 1 fully saturated rings. The molecule has 1 saturated heterocycles. The van der Waals surface area contributed by atoms with Crippen LogP contribution in [0.4, 0.5) is 5.69 Å². The Morgan fingerprint density at radius 3 is 2.69 bits per heavy atom. The van der Waals surface area contributed by atoms with Gasteiger partial charge in [0, 0.05) is 23.8 Å². The molecule has 2 aromatic rings. The number of ether oxygens (including phenoxy) is 3. The summed E-state index contributed by atoms with van der Waals surface area (Å²) in [6, 6.07) is 13.2. The predicted molar refractivity (Wildman–Crippen MR) is 103 cm³/mol. The normalized spacial score (nSPS) is 24.2. The van der Waals surface area contributed by atoms with E-state index < -0.39 is 0 Å². The Hall–Kier alpha value is -2.20. The van der Waals surface area contributed by atoms with Crippen molar-refractivity contribution in [3.05, 3.63) is 53.1 Å². The number of hydrogen-bond acceptors (Lipinski definition) is 4. The summed E-state index contributed by atoms with van der Waals surface area (Å²) < 4.78 is 17.2. The molecule has 26 heavy (non-hydrogen) atoms. The van der Waals surface area contributed by atoms with Gasteiger partial charge in [0.15, 0.2) is 11.5 Å². The highest BCUT2D eigenvalue weighted by Crippen LogP contribution is 2.50. The van der Waals surface area contributed by atoms with Crippen molar-refractivity contribution in [2.45, 2.75) is 38.3 Å². The number of anilines is 1. The SMILES string of the molecule is CCc1ccc2c(c1)[C@H]1OCCC[C@H]1C(c1ccc(OC)c(OC)c1)N2. The summed E-state index contributed by atoms with van der Waals surface area (Å²) in [5.41, 5.74) is 5.08. The van der Waals surface area contributed by atoms with E-state index in [1.165, 1.54) is 22.4 Å². The summed E-state index contributed by atoms with van der Waals surface area (Å²) in [6.07, 6.45) is 3.47. The van der Waals surface area contributed by atoms with E-state index in [-0.39, 0.29) is 12.1 Å². The molecule has 3 atom stereocenters. The summed E-state index contributed by atoms with van der Waals surface area (Å²) in [4.78, 5) is 0. The van der Waals surface area contributed by atoms with Crippen LogP contribution in [0.15, 0.2) is 36.4 Å². The lowest BCUT2D eigenvalue weighted by molar-refractivity contribution is -0.0381. The topological polar surface area (TPSA) is 39.7 Å². The van der Waals surface area contributed by atoms with Crippen LogP contribution in [0.25, 0.3) is 0 Å². The van der Waals surface area contributed by atoms with Gasteiger partial charge in [0.2, 0.25) is 0 Å². The average Bonchev–Trinajstić information content (AvgIpc) is 2.72. The third-order valence-corrected chi connectivity index (χ3v) is 5.70. The van der Waals surface area contributed by atoms with Crippen molar-refractivity contribution >= 4 is 5.69 Å². The Bertz CT molecular complexity index is 789. The lowest BCUT2D eigenvalue weighted by Crippen LogP contribution is -2.36. The largest absolute Gasteiger partial charge is 0.493 e. The minimum atomic E-state index is 0.157. The molecule has 0 saturated carbocycles. The van der Waals surface area contributed by atoms with Crippen molar-refractivity contribution in [1.29, 1.82) is 0 Å². The van der Waals surface area contributed by atoms with Crippen LogP contribution in [0.1, 0.15) is 48.6 Å². The number of hydrogen-bond donors (Lipinski definition) is 1. The molecule has 4 nitrogen and oxygen atoms in total. The van der Waals surface area contributed by atoms with Crippen LogP contribution in [-0.2, 0) is 11.2 Å². The van der Waals surface area contributed by atoms with Gasteiger partial charge in [-0.05, 0) is 48.6 Å². The first-order valence-corrected chi connectivity index (χ1v) is 9.48. The molecule has 0 aromatic heterocycles. The summed E-state index contributed by atoms with van der Waals surface area (Å²) in [6.45, 7) is 3.04. The van der Waals surface area contributed by atoms with Gasteiger partial charge in [-0.1, -0.05) is 25.1 Å². The Morgan fingerprint density at radius 1 is 1.08 bits per heavy atom. The fourth-order valence-electron chi connectivity index (χ4n) is 4.32. The zero-order valence-electron chi connectivity index (χ0n) is 15.7. The van der Waals surface area contributed by atoms with E-state index in [0.717, 1.165) is 37.4 Å². The fraction of sp³-hybridized carbons (Fsp3) is 0.455. The molecule has 0 spiro atoms. The second kappa shape index (κ2) is 7.20. The monoisotopic (exact) mass is 353 g/mol. The predicted octanol–water partition coefficient (Wildman–Crippen LogP) is 4.90. The lowest BCUT2D eigenvalue weighted by Gasteiger charge is -2.43. The number of rotatable bonds is 4. The Morgan fingerprint density at radius 2 is 1.92 bits per heavy atom. The Balaban J connectivity index is 1.75. The molecule has 2 heterocycles. The maximum Gasteiger partial charge on any atom is 0.161 e. The molecule has 138 valence electrons. The van der Waals surface area contributed by atoms with Gasteiger partial charge < -0.3 is 19.5 Å². The maximum atomic E-state index is 6.27. The lowest BCUT2D eigenvalue weighted by atomic mass is 9.77. The number of nitrogens with one attached hydrogen (secondary N) is 1. The molecule has 4 rings (SSSR count). The highest BCUT2D eigenvalue weighted by molar-refractivity contribution is 5.59. The second-order valence-corrected chi connectivity index (χ2v) is 7.11. The molecule has 0 aliphatic carbocycles. The van der Waals surface area contributed by atoms with Crippen molar-refractivity contribution in [1.82, 2.24) is 0 Å². The van der Waals surface area contributed by atoms with E-state index in [4.69, 9.17) is 14.2 Å². The van der Waals surface area contributed by atoms with Gasteiger partial charge in [0.25, 0.3) is 0 Å². The van der Waals surface area contributed by atoms with Crippen LogP contribution < -0.4 is 14.8 Å². The molecule has 0 radical (unpaired) electrons. The second-order valence-electron chi connectivity index (χ2n) is 7.11. The van der Waals surface area contributed by atoms with Crippen molar-refractivity contribution < 1.29 is 14.2 Å². The molecule has 0 amide bonds. The van der Waals surface area contributed by atoms with Gasteiger partial charge in [-0.2, -0.15) is 0 Å². The van der Waals surface area contributed by atoms with Gasteiger partial charge >= 0.3 is 0 Å². The van der Waals surface area contributed by atoms with Crippen LogP contribution >= 0.6 is 0 Å². The molecule has 2 aliphatic heterocycles. The number of aryl methyl sites for hydroxylation is 1. The van der Waals surface area contributed by atoms with Crippen LogP contribution in [0.3, 0.4) is 0 Å². The molecular weight excluding hydrogens is 326 g/mol. The molecule has 2 aromatic carbocycles. The summed E-state index contributed by atoms with van der Waals surface area (Å²) in [5.74, 6) is 1.95. The van der Waals surface area contributed by atoms with E-state index in [1.807, 2.05) is 6.07 Å². The van der Waals surface area contributed by atoms with E-state index >= 15 is 0 Å². The standard InChI is InChI=1S/C22H27NO3/c1-4-14-7-9-18-17(12-14)22-16(6-5-11-26-22)21(23-18)15-8-10-19(24-2)20(13-15)25-3/h7-10,12-13,16,21-23H,4-6,11H2,1-3H3/t16-,21?,22-/m0/s1. The van der Waals surface area contributed by atoms with Crippen LogP contribution in [0.2, 0.25) is 0 Å². The Kier molecular flexibility index (Phi) is 4.77.